The lowest BCUT2D eigenvalue weighted by Gasteiger charge is -2.31. The van der Waals surface area contributed by atoms with E-state index in [1.54, 1.807) is 27.7 Å². The molecule has 0 saturated heterocycles. The molecule has 0 radical (unpaired) electrons. The van der Waals surface area contributed by atoms with Crippen LogP contribution in [-0.2, 0) is 14.3 Å². The first-order chi connectivity index (χ1) is 8.70. The first-order valence-corrected chi connectivity index (χ1v) is 6.14. The number of nitrogens with one attached hydrogen (secondary N) is 1. The van der Waals surface area contributed by atoms with Crippen molar-refractivity contribution >= 4 is 17.9 Å². The van der Waals surface area contributed by atoms with E-state index in [1.165, 1.54) is 12.0 Å². The third-order valence-electron chi connectivity index (χ3n) is 2.66. The van der Waals surface area contributed by atoms with Gasteiger partial charge in [-0.3, -0.25) is 9.59 Å². The van der Waals surface area contributed by atoms with Crippen LogP contribution in [-0.4, -0.2) is 48.5 Å². The molecule has 0 spiro atoms. The number of urea groups is 1. The van der Waals surface area contributed by atoms with Gasteiger partial charge in [0.1, 0.15) is 12.6 Å². The van der Waals surface area contributed by atoms with Crippen LogP contribution in [0.4, 0.5) is 4.79 Å². The summed E-state index contributed by atoms with van der Waals surface area (Å²) in [6, 6.07) is -1.72. The summed E-state index contributed by atoms with van der Waals surface area (Å²) in [5, 5.41) is 2.40. The second kappa shape index (κ2) is 7.60. The van der Waals surface area contributed by atoms with Gasteiger partial charge in [-0.05, 0) is 19.8 Å². The molecular weight excluding hydrogens is 250 g/mol. The zero-order valence-corrected chi connectivity index (χ0v) is 12.1. The monoisotopic (exact) mass is 273 g/mol. The van der Waals surface area contributed by atoms with Crippen molar-refractivity contribution in [2.24, 2.45) is 11.7 Å². The third-order valence-corrected chi connectivity index (χ3v) is 2.66. The fourth-order valence-corrected chi connectivity index (χ4v) is 1.56. The second-order valence-electron chi connectivity index (χ2n) is 4.87. The lowest BCUT2D eigenvalue weighted by Crippen LogP contribution is -2.55. The molecule has 3 amide bonds. The van der Waals surface area contributed by atoms with Gasteiger partial charge >= 0.3 is 12.0 Å². The summed E-state index contributed by atoms with van der Waals surface area (Å²) < 4.78 is 4.56. The molecule has 1 atom stereocenters. The van der Waals surface area contributed by atoms with Crippen LogP contribution < -0.4 is 11.1 Å². The van der Waals surface area contributed by atoms with E-state index in [9.17, 15) is 14.4 Å². The highest BCUT2D eigenvalue weighted by Gasteiger charge is 2.30. The quantitative estimate of drug-likeness (QED) is 0.669. The fraction of sp³-hybridized carbons (Fsp3) is 0.750. The molecule has 0 fully saturated rings. The van der Waals surface area contributed by atoms with Crippen molar-refractivity contribution in [3.8, 4) is 0 Å². The molecule has 0 saturated carbocycles. The van der Waals surface area contributed by atoms with Crippen molar-refractivity contribution in [3.05, 3.63) is 0 Å². The van der Waals surface area contributed by atoms with Crippen molar-refractivity contribution < 1.29 is 19.1 Å². The lowest BCUT2D eigenvalue weighted by molar-refractivity contribution is -0.149. The van der Waals surface area contributed by atoms with Crippen LogP contribution in [0.15, 0.2) is 0 Å². The molecule has 0 aromatic rings. The maximum Gasteiger partial charge on any atom is 0.325 e. The van der Waals surface area contributed by atoms with E-state index in [0.717, 1.165) is 0 Å². The number of esters is 1. The number of methoxy groups -OCH3 is 1. The molecule has 0 heterocycles. The normalized spacial score (nSPS) is 12.2. The van der Waals surface area contributed by atoms with Crippen LogP contribution in [0.1, 0.15) is 27.7 Å². The molecule has 7 heteroatoms. The van der Waals surface area contributed by atoms with Gasteiger partial charge in [0.15, 0.2) is 0 Å². The van der Waals surface area contributed by atoms with Gasteiger partial charge in [0, 0.05) is 6.04 Å². The smallest absolute Gasteiger partial charge is 0.325 e. The number of hydrogen-bond acceptors (Lipinski definition) is 4. The summed E-state index contributed by atoms with van der Waals surface area (Å²) >= 11 is 0. The number of hydrogen-bond donors (Lipinski definition) is 2. The fourth-order valence-electron chi connectivity index (χ4n) is 1.56. The Labute approximate surface area is 113 Å². The van der Waals surface area contributed by atoms with Crippen LogP contribution in [0.5, 0.6) is 0 Å². The number of amides is 3. The maximum atomic E-state index is 12.4. The van der Waals surface area contributed by atoms with E-state index in [-0.39, 0.29) is 24.4 Å². The van der Waals surface area contributed by atoms with E-state index in [4.69, 9.17) is 5.73 Å². The van der Waals surface area contributed by atoms with Gasteiger partial charge in [-0.25, -0.2) is 4.79 Å². The van der Waals surface area contributed by atoms with Gasteiger partial charge in [-0.15, -0.1) is 0 Å². The standard InChI is InChI=1S/C12H23N3O4/c1-7(2)10(14-12(13)18)11(17)15(8(3)4)6-9(16)19-5/h7-8,10H,6H2,1-5H3,(H3,13,14,18). The number of rotatable bonds is 6. The minimum Gasteiger partial charge on any atom is -0.468 e. The van der Waals surface area contributed by atoms with Crippen molar-refractivity contribution in [2.75, 3.05) is 13.7 Å². The lowest BCUT2D eigenvalue weighted by atomic mass is 10.0. The Morgan fingerprint density at radius 1 is 1.21 bits per heavy atom. The Morgan fingerprint density at radius 3 is 2.05 bits per heavy atom. The summed E-state index contributed by atoms with van der Waals surface area (Å²) in [6.45, 7) is 6.98. The first-order valence-electron chi connectivity index (χ1n) is 6.14. The number of carbonyl (C=O) groups excluding carboxylic acids is 3. The third kappa shape index (κ3) is 5.58. The van der Waals surface area contributed by atoms with Gasteiger partial charge in [0.05, 0.1) is 7.11 Å². The highest BCUT2D eigenvalue weighted by Crippen LogP contribution is 2.09. The Hall–Kier alpha value is -1.79. The number of nitrogens with two attached hydrogens (primary N) is 1. The molecule has 19 heavy (non-hydrogen) atoms. The van der Waals surface area contributed by atoms with E-state index in [2.05, 4.69) is 10.1 Å². The van der Waals surface area contributed by atoms with Crippen molar-refractivity contribution in [2.45, 2.75) is 39.8 Å². The second-order valence-corrected chi connectivity index (χ2v) is 4.87. The predicted molar refractivity (Wildman–Crippen MR) is 70.2 cm³/mol. The maximum absolute atomic E-state index is 12.4. The Kier molecular flexibility index (Phi) is 6.89. The van der Waals surface area contributed by atoms with Crippen LogP contribution >= 0.6 is 0 Å². The number of primary amides is 1. The average molecular weight is 273 g/mol. The molecule has 0 aromatic carbocycles. The minimum absolute atomic E-state index is 0.140. The molecular formula is C12H23N3O4. The molecule has 0 rings (SSSR count). The Bertz CT molecular complexity index is 342. The van der Waals surface area contributed by atoms with Crippen LogP contribution in [0, 0.1) is 5.92 Å². The molecule has 0 aliphatic heterocycles. The minimum atomic E-state index is -0.770. The topological polar surface area (TPSA) is 102 Å². The van der Waals surface area contributed by atoms with E-state index >= 15 is 0 Å². The van der Waals surface area contributed by atoms with Gasteiger partial charge in [0.25, 0.3) is 0 Å². The SMILES string of the molecule is COC(=O)CN(C(=O)C(NC(N)=O)C(C)C)C(C)C. The summed E-state index contributed by atoms with van der Waals surface area (Å²) in [4.78, 5) is 36.0. The van der Waals surface area contributed by atoms with E-state index in [1.807, 2.05) is 0 Å². The number of carbonyl (C=O) groups is 3. The van der Waals surface area contributed by atoms with Crippen molar-refractivity contribution in [1.82, 2.24) is 10.2 Å². The molecule has 0 aliphatic rings. The Morgan fingerprint density at radius 2 is 1.74 bits per heavy atom. The Balaban J connectivity index is 5.02. The molecule has 0 aliphatic carbocycles. The van der Waals surface area contributed by atoms with E-state index < -0.39 is 18.0 Å². The van der Waals surface area contributed by atoms with Crippen LogP contribution in [0.25, 0.3) is 0 Å². The van der Waals surface area contributed by atoms with Gasteiger partial charge in [-0.1, -0.05) is 13.8 Å². The molecule has 0 aromatic heterocycles. The number of ether oxygens (including phenoxy) is 1. The zero-order chi connectivity index (χ0) is 15.2. The van der Waals surface area contributed by atoms with Crippen molar-refractivity contribution in [3.63, 3.8) is 0 Å². The zero-order valence-electron chi connectivity index (χ0n) is 12.1. The highest BCUT2D eigenvalue weighted by atomic mass is 16.5. The molecule has 7 nitrogen and oxygen atoms in total. The molecule has 110 valence electrons. The number of nitrogens with zero attached hydrogens (tertiary/aromatic N) is 1. The average Bonchev–Trinajstić information content (AvgIpc) is 2.30. The summed E-state index contributed by atoms with van der Waals surface area (Å²) in [6.07, 6.45) is 0. The molecule has 1 unspecified atom stereocenters. The van der Waals surface area contributed by atoms with Gasteiger partial charge in [-0.2, -0.15) is 0 Å². The van der Waals surface area contributed by atoms with Crippen LogP contribution in [0.2, 0.25) is 0 Å². The summed E-state index contributed by atoms with van der Waals surface area (Å²) in [5.41, 5.74) is 5.06. The summed E-state index contributed by atoms with van der Waals surface area (Å²) in [7, 11) is 1.26. The molecule has 3 N–H and O–H groups in total. The molecule has 0 bridgehead atoms. The first kappa shape index (κ1) is 17.2. The van der Waals surface area contributed by atoms with Crippen molar-refractivity contribution in [1.29, 1.82) is 0 Å². The summed E-state index contributed by atoms with van der Waals surface area (Å²) in [5.74, 6) is -1.00. The highest BCUT2D eigenvalue weighted by molar-refractivity contribution is 5.89. The van der Waals surface area contributed by atoms with Gasteiger partial charge in [0.2, 0.25) is 5.91 Å². The largest absolute Gasteiger partial charge is 0.468 e. The predicted octanol–water partition coefficient (Wildman–Crippen LogP) is 0.0893. The van der Waals surface area contributed by atoms with Crippen LogP contribution in [0.3, 0.4) is 0 Å². The van der Waals surface area contributed by atoms with Gasteiger partial charge < -0.3 is 20.7 Å². The van der Waals surface area contributed by atoms with E-state index in [0.29, 0.717) is 0 Å².